The Kier molecular flexibility index (Phi) is 3.58. The molecule has 1 aliphatic rings. The number of anilines is 1. The number of nitrogen functional groups attached to an aromatic ring is 1. The maximum atomic E-state index is 6.24. The number of halogens is 1. The lowest BCUT2D eigenvalue weighted by molar-refractivity contribution is -0.0227. The summed E-state index contributed by atoms with van der Waals surface area (Å²) in [5.41, 5.74) is 7.12. The fourth-order valence-corrected chi connectivity index (χ4v) is 2.66. The normalized spacial score (nSPS) is 21.7. The smallest absolute Gasteiger partial charge is 0.183 e. The lowest BCUT2D eigenvalue weighted by Gasteiger charge is -2.34. The quantitative estimate of drug-likeness (QED) is 0.875. The van der Waals surface area contributed by atoms with Gasteiger partial charge in [-0.1, -0.05) is 17.7 Å². The van der Waals surface area contributed by atoms with Gasteiger partial charge in [-0.15, -0.1) is 5.10 Å². The van der Waals surface area contributed by atoms with Crippen LogP contribution in [0.1, 0.15) is 25.8 Å². The standard InChI is InChI=1S/C13H16ClN5O/c1-2-20-9-6-8(7-9)19-13(16-17-18-19)10-4-3-5-11(15)12(10)14/h3-5,8-9H,2,6-7,15H2,1H3. The van der Waals surface area contributed by atoms with Gasteiger partial charge in [-0.05, 0) is 42.3 Å². The Hall–Kier alpha value is -1.66. The molecule has 0 atom stereocenters. The minimum absolute atomic E-state index is 0.258. The number of aromatic nitrogens is 4. The third kappa shape index (κ3) is 2.25. The van der Waals surface area contributed by atoms with Gasteiger partial charge in [-0.3, -0.25) is 0 Å². The average molecular weight is 294 g/mol. The van der Waals surface area contributed by atoms with E-state index in [1.807, 2.05) is 23.7 Å². The number of benzene rings is 1. The Morgan fingerprint density at radius 1 is 1.45 bits per heavy atom. The molecule has 1 fully saturated rings. The van der Waals surface area contributed by atoms with Gasteiger partial charge in [0.05, 0.1) is 22.9 Å². The molecule has 0 spiro atoms. The number of tetrazole rings is 1. The van der Waals surface area contributed by atoms with Gasteiger partial charge in [0.2, 0.25) is 0 Å². The Bertz CT molecular complexity index is 609. The van der Waals surface area contributed by atoms with Crippen molar-refractivity contribution in [3.63, 3.8) is 0 Å². The first-order valence-electron chi connectivity index (χ1n) is 6.64. The highest BCUT2D eigenvalue weighted by molar-refractivity contribution is 6.35. The first kappa shape index (κ1) is 13.3. The average Bonchev–Trinajstić information content (AvgIpc) is 2.85. The van der Waals surface area contributed by atoms with E-state index in [1.54, 1.807) is 6.07 Å². The number of hydrogen-bond acceptors (Lipinski definition) is 5. The molecule has 1 aromatic heterocycles. The topological polar surface area (TPSA) is 78.8 Å². The van der Waals surface area contributed by atoms with Crippen LogP contribution in [0.15, 0.2) is 18.2 Å². The molecule has 0 saturated heterocycles. The van der Waals surface area contributed by atoms with Crippen molar-refractivity contribution < 1.29 is 4.74 Å². The van der Waals surface area contributed by atoms with Crippen LogP contribution in [0.3, 0.4) is 0 Å². The van der Waals surface area contributed by atoms with Gasteiger partial charge >= 0.3 is 0 Å². The second-order valence-corrected chi connectivity index (χ2v) is 5.24. The first-order chi connectivity index (χ1) is 9.70. The van der Waals surface area contributed by atoms with Crippen molar-refractivity contribution in [3.8, 4) is 11.4 Å². The van der Waals surface area contributed by atoms with Crippen LogP contribution >= 0.6 is 11.6 Å². The number of rotatable bonds is 4. The summed E-state index contributed by atoms with van der Waals surface area (Å²) in [5.74, 6) is 0.655. The van der Waals surface area contributed by atoms with Gasteiger partial charge < -0.3 is 10.5 Å². The molecule has 0 radical (unpaired) electrons. The van der Waals surface area contributed by atoms with E-state index in [0.717, 1.165) is 25.0 Å². The molecule has 1 aromatic carbocycles. The van der Waals surface area contributed by atoms with E-state index in [1.165, 1.54) is 0 Å². The molecule has 7 heteroatoms. The van der Waals surface area contributed by atoms with Crippen molar-refractivity contribution in [2.75, 3.05) is 12.3 Å². The predicted molar refractivity (Wildman–Crippen MR) is 76.4 cm³/mol. The summed E-state index contributed by atoms with van der Waals surface area (Å²) in [5, 5.41) is 12.4. The molecule has 2 N–H and O–H groups in total. The van der Waals surface area contributed by atoms with Crippen molar-refractivity contribution in [1.82, 2.24) is 20.2 Å². The van der Waals surface area contributed by atoms with Gasteiger partial charge in [-0.2, -0.15) is 0 Å². The summed E-state index contributed by atoms with van der Waals surface area (Å²) < 4.78 is 7.38. The molecule has 6 nitrogen and oxygen atoms in total. The number of ether oxygens (including phenoxy) is 1. The van der Waals surface area contributed by atoms with Crippen LogP contribution in [-0.4, -0.2) is 32.9 Å². The molecule has 106 valence electrons. The minimum atomic E-state index is 0.258. The summed E-state index contributed by atoms with van der Waals surface area (Å²) in [6, 6.07) is 5.74. The second kappa shape index (κ2) is 5.38. The van der Waals surface area contributed by atoms with E-state index in [0.29, 0.717) is 22.6 Å². The Morgan fingerprint density at radius 2 is 2.25 bits per heavy atom. The van der Waals surface area contributed by atoms with Crippen LogP contribution in [0.2, 0.25) is 5.02 Å². The molecule has 0 bridgehead atoms. The SMILES string of the molecule is CCOC1CC(n2nnnc2-c2cccc(N)c2Cl)C1. The summed E-state index contributed by atoms with van der Waals surface area (Å²) in [6.07, 6.45) is 2.15. The Labute approximate surface area is 121 Å². The minimum Gasteiger partial charge on any atom is -0.398 e. The largest absolute Gasteiger partial charge is 0.398 e. The van der Waals surface area contributed by atoms with Crippen molar-refractivity contribution in [1.29, 1.82) is 0 Å². The molecule has 2 aromatic rings. The first-order valence-corrected chi connectivity index (χ1v) is 7.02. The van der Waals surface area contributed by atoms with Crippen molar-refractivity contribution in [2.45, 2.75) is 31.9 Å². The second-order valence-electron chi connectivity index (χ2n) is 4.86. The van der Waals surface area contributed by atoms with Gasteiger partial charge in [-0.25, -0.2) is 4.68 Å². The zero-order chi connectivity index (χ0) is 14.1. The zero-order valence-corrected chi connectivity index (χ0v) is 11.9. The van der Waals surface area contributed by atoms with Crippen molar-refractivity contribution in [3.05, 3.63) is 23.2 Å². The molecule has 0 amide bonds. The number of hydrogen-bond donors (Lipinski definition) is 1. The summed E-state index contributed by atoms with van der Waals surface area (Å²) in [7, 11) is 0. The van der Waals surface area contributed by atoms with Crippen LogP contribution in [0, 0.1) is 0 Å². The van der Waals surface area contributed by atoms with Gasteiger partial charge in [0, 0.05) is 12.2 Å². The maximum absolute atomic E-state index is 6.24. The van der Waals surface area contributed by atoms with Crippen molar-refractivity contribution >= 4 is 17.3 Å². The van der Waals surface area contributed by atoms with Crippen LogP contribution < -0.4 is 5.73 Å². The predicted octanol–water partition coefficient (Wildman–Crippen LogP) is 2.32. The molecule has 3 rings (SSSR count). The van der Waals surface area contributed by atoms with Gasteiger partial charge in [0.25, 0.3) is 0 Å². The molecule has 1 heterocycles. The lowest BCUT2D eigenvalue weighted by Crippen LogP contribution is -2.34. The maximum Gasteiger partial charge on any atom is 0.183 e. The molecular weight excluding hydrogens is 278 g/mol. The van der Waals surface area contributed by atoms with Crippen LogP contribution in [0.25, 0.3) is 11.4 Å². The Balaban J connectivity index is 1.86. The molecule has 0 aliphatic heterocycles. The fraction of sp³-hybridized carbons (Fsp3) is 0.462. The summed E-state index contributed by atoms with van der Waals surface area (Å²) >= 11 is 6.24. The lowest BCUT2D eigenvalue weighted by atomic mass is 9.89. The number of nitrogens with zero attached hydrogens (tertiary/aromatic N) is 4. The molecule has 1 aliphatic carbocycles. The van der Waals surface area contributed by atoms with E-state index >= 15 is 0 Å². The zero-order valence-electron chi connectivity index (χ0n) is 11.2. The highest BCUT2D eigenvalue weighted by Crippen LogP contribution is 2.38. The molecule has 20 heavy (non-hydrogen) atoms. The van der Waals surface area contributed by atoms with Crippen LogP contribution in [0.4, 0.5) is 5.69 Å². The Morgan fingerprint density at radius 3 is 3.00 bits per heavy atom. The van der Waals surface area contributed by atoms with Gasteiger partial charge in [0.1, 0.15) is 0 Å². The van der Waals surface area contributed by atoms with E-state index in [-0.39, 0.29) is 6.04 Å². The van der Waals surface area contributed by atoms with E-state index in [4.69, 9.17) is 22.1 Å². The monoisotopic (exact) mass is 293 g/mol. The van der Waals surface area contributed by atoms with Gasteiger partial charge in [0.15, 0.2) is 5.82 Å². The van der Waals surface area contributed by atoms with E-state index < -0.39 is 0 Å². The fourth-order valence-electron chi connectivity index (χ4n) is 2.45. The number of nitrogens with two attached hydrogens (primary N) is 1. The van der Waals surface area contributed by atoms with E-state index in [2.05, 4.69) is 15.5 Å². The third-order valence-electron chi connectivity index (χ3n) is 3.58. The van der Waals surface area contributed by atoms with Crippen LogP contribution in [0.5, 0.6) is 0 Å². The van der Waals surface area contributed by atoms with Crippen molar-refractivity contribution in [2.24, 2.45) is 0 Å². The van der Waals surface area contributed by atoms with Crippen LogP contribution in [-0.2, 0) is 4.74 Å². The summed E-state index contributed by atoms with van der Waals surface area (Å²) in [4.78, 5) is 0. The third-order valence-corrected chi connectivity index (χ3v) is 4.00. The molecular formula is C13H16ClN5O. The summed E-state index contributed by atoms with van der Waals surface area (Å²) in [6.45, 7) is 2.74. The molecule has 0 unspecified atom stereocenters. The highest BCUT2D eigenvalue weighted by atomic mass is 35.5. The highest BCUT2D eigenvalue weighted by Gasteiger charge is 2.34. The molecule has 1 saturated carbocycles. The van der Waals surface area contributed by atoms with E-state index in [9.17, 15) is 0 Å².